The van der Waals surface area contributed by atoms with E-state index in [2.05, 4.69) is 0 Å². The van der Waals surface area contributed by atoms with Crippen molar-refractivity contribution < 1.29 is 9.84 Å². The van der Waals surface area contributed by atoms with Crippen LogP contribution < -0.4 is 4.74 Å². The molecule has 2 unspecified atom stereocenters. The number of rotatable bonds is 2. The number of aliphatic hydroxyl groups is 1. The van der Waals surface area contributed by atoms with Gasteiger partial charge in [0.15, 0.2) is 0 Å². The van der Waals surface area contributed by atoms with E-state index in [0.717, 1.165) is 12.8 Å². The minimum absolute atomic E-state index is 0.0517. The monoisotopic (exact) mass is 300 g/mol. The molecule has 1 aromatic carbocycles. The zero-order valence-corrected chi connectivity index (χ0v) is 12.3. The first-order valence-electron chi connectivity index (χ1n) is 6.91. The summed E-state index contributed by atoms with van der Waals surface area (Å²) in [7, 11) is 0. The van der Waals surface area contributed by atoms with Gasteiger partial charge in [0.25, 0.3) is 0 Å². The molecule has 0 heterocycles. The minimum Gasteiger partial charge on any atom is -0.488 e. The van der Waals surface area contributed by atoms with Crippen LogP contribution in [0.15, 0.2) is 18.2 Å². The molecule has 0 aromatic heterocycles. The van der Waals surface area contributed by atoms with Crippen LogP contribution in [0.1, 0.15) is 38.5 Å². The van der Waals surface area contributed by atoms with E-state index in [9.17, 15) is 5.11 Å². The third-order valence-electron chi connectivity index (χ3n) is 4.69. The van der Waals surface area contributed by atoms with Crippen molar-refractivity contribution in [3.8, 4) is 5.75 Å². The summed E-state index contributed by atoms with van der Waals surface area (Å²) in [5, 5.41) is 11.4. The lowest BCUT2D eigenvalue weighted by Gasteiger charge is -2.55. The van der Waals surface area contributed by atoms with Gasteiger partial charge >= 0.3 is 0 Å². The van der Waals surface area contributed by atoms with Crippen LogP contribution in [-0.4, -0.2) is 17.3 Å². The van der Waals surface area contributed by atoms with Gasteiger partial charge in [0.05, 0.1) is 11.1 Å². The van der Waals surface area contributed by atoms with Gasteiger partial charge in [0.1, 0.15) is 11.9 Å². The van der Waals surface area contributed by atoms with Gasteiger partial charge in [-0.1, -0.05) is 42.5 Å². The molecule has 1 N–H and O–H groups in total. The van der Waals surface area contributed by atoms with E-state index in [-0.39, 0.29) is 17.6 Å². The van der Waals surface area contributed by atoms with E-state index >= 15 is 0 Å². The summed E-state index contributed by atoms with van der Waals surface area (Å²) in [6, 6.07) is 5.26. The summed E-state index contributed by atoms with van der Waals surface area (Å²) in [6.45, 7) is 0. The standard InChI is InChI=1S/C15H18Cl2O2/c16-10-4-5-11(17)12(8-10)19-14-9-13(18)15(14)6-2-1-3-7-15/h4-5,8,13-14,18H,1-3,6-7,9H2. The number of ether oxygens (including phenoxy) is 1. The molecule has 0 aliphatic heterocycles. The number of hydrogen-bond donors (Lipinski definition) is 1. The summed E-state index contributed by atoms with van der Waals surface area (Å²) in [5.74, 6) is 0.635. The van der Waals surface area contributed by atoms with Crippen molar-refractivity contribution in [3.05, 3.63) is 28.2 Å². The first-order chi connectivity index (χ1) is 9.12. The number of hydrogen-bond acceptors (Lipinski definition) is 2. The van der Waals surface area contributed by atoms with E-state index in [1.54, 1.807) is 18.2 Å². The fraction of sp³-hybridized carbons (Fsp3) is 0.600. The summed E-state index contributed by atoms with van der Waals surface area (Å²) in [5.41, 5.74) is -0.0517. The van der Waals surface area contributed by atoms with Gasteiger partial charge in [-0.15, -0.1) is 0 Å². The Hall–Kier alpha value is -0.440. The minimum atomic E-state index is -0.226. The van der Waals surface area contributed by atoms with Gasteiger partial charge < -0.3 is 9.84 Å². The first kappa shape index (κ1) is 13.5. The van der Waals surface area contributed by atoms with Gasteiger partial charge in [-0.2, -0.15) is 0 Å². The molecule has 0 amide bonds. The molecule has 0 radical (unpaired) electrons. The second kappa shape index (κ2) is 5.16. The summed E-state index contributed by atoms with van der Waals surface area (Å²) >= 11 is 12.1. The van der Waals surface area contributed by atoms with E-state index in [1.807, 2.05) is 0 Å². The van der Waals surface area contributed by atoms with Crippen LogP contribution in [0.25, 0.3) is 0 Å². The van der Waals surface area contributed by atoms with Crippen LogP contribution in [0, 0.1) is 5.41 Å². The molecule has 1 aromatic rings. The lowest BCUT2D eigenvalue weighted by atomic mass is 9.56. The van der Waals surface area contributed by atoms with Crippen LogP contribution in [0.2, 0.25) is 10.0 Å². The van der Waals surface area contributed by atoms with Crippen molar-refractivity contribution in [1.29, 1.82) is 0 Å². The lowest BCUT2D eigenvalue weighted by Crippen LogP contribution is -2.60. The van der Waals surface area contributed by atoms with Gasteiger partial charge in [0, 0.05) is 22.9 Å². The molecule has 0 bridgehead atoms. The normalized spacial score (nSPS) is 29.0. The molecular weight excluding hydrogens is 283 g/mol. The molecule has 2 fully saturated rings. The number of halogens is 2. The molecule has 2 nitrogen and oxygen atoms in total. The van der Waals surface area contributed by atoms with Gasteiger partial charge in [-0.25, -0.2) is 0 Å². The highest BCUT2D eigenvalue weighted by Crippen LogP contribution is 2.53. The molecule has 19 heavy (non-hydrogen) atoms. The fourth-order valence-corrected chi connectivity index (χ4v) is 3.80. The lowest BCUT2D eigenvalue weighted by molar-refractivity contribution is -0.172. The number of aliphatic hydroxyl groups excluding tert-OH is 1. The van der Waals surface area contributed by atoms with Crippen LogP contribution in [-0.2, 0) is 0 Å². The molecular formula is C15H18Cl2O2. The third kappa shape index (κ3) is 2.35. The third-order valence-corrected chi connectivity index (χ3v) is 5.24. The van der Waals surface area contributed by atoms with E-state index < -0.39 is 0 Å². The maximum Gasteiger partial charge on any atom is 0.139 e. The smallest absolute Gasteiger partial charge is 0.139 e. The molecule has 2 saturated carbocycles. The first-order valence-corrected chi connectivity index (χ1v) is 7.67. The largest absolute Gasteiger partial charge is 0.488 e. The van der Waals surface area contributed by atoms with Gasteiger partial charge in [0.2, 0.25) is 0 Å². The zero-order valence-electron chi connectivity index (χ0n) is 10.7. The van der Waals surface area contributed by atoms with Gasteiger partial charge in [-0.3, -0.25) is 0 Å². The van der Waals surface area contributed by atoms with E-state index in [1.165, 1.54) is 19.3 Å². The average Bonchev–Trinajstić information content (AvgIpc) is 2.43. The highest BCUT2D eigenvalue weighted by Gasteiger charge is 2.56. The summed E-state index contributed by atoms with van der Waals surface area (Å²) < 4.78 is 6.05. The Balaban J connectivity index is 1.78. The Morgan fingerprint density at radius 1 is 1.16 bits per heavy atom. The SMILES string of the molecule is OC1CC(Oc2cc(Cl)ccc2Cl)C12CCCCC2. The Morgan fingerprint density at radius 3 is 2.58 bits per heavy atom. The van der Waals surface area contributed by atoms with E-state index in [4.69, 9.17) is 27.9 Å². The quantitative estimate of drug-likeness (QED) is 0.874. The van der Waals surface area contributed by atoms with Crippen LogP contribution in [0.4, 0.5) is 0 Å². The van der Waals surface area contributed by atoms with Crippen LogP contribution in [0.3, 0.4) is 0 Å². The molecule has 1 spiro atoms. The molecule has 3 rings (SSSR count). The summed E-state index contributed by atoms with van der Waals surface area (Å²) in [6.07, 6.45) is 6.27. The van der Waals surface area contributed by atoms with Crippen molar-refractivity contribution in [3.63, 3.8) is 0 Å². The molecule has 4 heteroatoms. The predicted octanol–water partition coefficient (Wildman–Crippen LogP) is 4.46. The Morgan fingerprint density at radius 2 is 1.89 bits per heavy atom. The topological polar surface area (TPSA) is 29.5 Å². The Labute approximate surface area is 123 Å². The maximum atomic E-state index is 10.2. The van der Waals surface area contributed by atoms with Crippen molar-refractivity contribution in [2.75, 3.05) is 0 Å². The average molecular weight is 301 g/mol. The molecule has 2 aliphatic carbocycles. The highest BCUT2D eigenvalue weighted by molar-refractivity contribution is 6.34. The predicted molar refractivity (Wildman–Crippen MR) is 77.0 cm³/mol. The molecule has 104 valence electrons. The van der Waals surface area contributed by atoms with Crippen molar-refractivity contribution >= 4 is 23.2 Å². The molecule has 2 atom stereocenters. The van der Waals surface area contributed by atoms with Gasteiger partial charge in [-0.05, 0) is 25.0 Å². The molecule has 2 aliphatic rings. The number of benzene rings is 1. The fourth-order valence-electron chi connectivity index (χ4n) is 3.48. The second-order valence-corrected chi connectivity index (χ2v) is 6.57. The van der Waals surface area contributed by atoms with Crippen molar-refractivity contribution in [2.45, 2.75) is 50.7 Å². The summed E-state index contributed by atoms with van der Waals surface area (Å²) in [4.78, 5) is 0. The maximum absolute atomic E-state index is 10.2. The Bertz CT molecular complexity index is 469. The second-order valence-electron chi connectivity index (χ2n) is 5.73. The van der Waals surface area contributed by atoms with Crippen LogP contribution >= 0.6 is 23.2 Å². The van der Waals surface area contributed by atoms with Crippen LogP contribution in [0.5, 0.6) is 5.75 Å². The van der Waals surface area contributed by atoms with E-state index in [0.29, 0.717) is 22.2 Å². The zero-order chi connectivity index (χ0) is 13.5. The highest BCUT2D eigenvalue weighted by atomic mass is 35.5. The van der Waals surface area contributed by atoms with Crippen molar-refractivity contribution in [1.82, 2.24) is 0 Å². The molecule has 0 saturated heterocycles. The Kier molecular flexibility index (Phi) is 3.67. The van der Waals surface area contributed by atoms with Crippen molar-refractivity contribution in [2.24, 2.45) is 5.41 Å².